The molecule has 0 saturated carbocycles. The summed E-state index contributed by atoms with van der Waals surface area (Å²) in [6.07, 6.45) is 0. The summed E-state index contributed by atoms with van der Waals surface area (Å²) in [4.78, 5) is 0. The van der Waals surface area contributed by atoms with Crippen LogP contribution in [0.3, 0.4) is 0 Å². The monoisotopic (exact) mass is 576 g/mol. The Morgan fingerprint density at radius 1 is 0.444 bits per heavy atom. The van der Waals surface area contributed by atoms with Crippen LogP contribution in [0.15, 0.2) is 158 Å². The first-order valence-electron chi connectivity index (χ1n) is 15.8. The van der Waals surface area contributed by atoms with Gasteiger partial charge in [0, 0.05) is 16.5 Å². The first kappa shape index (κ1) is 26.0. The van der Waals surface area contributed by atoms with Gasteiger partial charge in [-0.2, -0.15) is 0 Å². The lowest BCUT2D eigenvalue weighted by molar-refractivity contribution is 0.418. The SMILES string of the molecule is CC1(C)c2ccccc2Oc2ccc(-c3cccc(C4(c5ccccc5)c5ccccc5-c5c4ccc4ccccc54)c3)cc21. The predicted octanol–water partition coefficient (Wildman–Crippen LogP) is 11.3. The summed E-state index contributed by atoms with van der Waals surface area (Å²) in [5, 5.41) is 2.57. The van der Waals surface area contributed by atoms with Gasteiger partial charge in [-0.1, -0.05) is 147 Å². The van der Waals surface area contributed by atoms with Crippen molar-refractivity contribution >= 4 is 10.8 Å². The Bertz CT molecular complexity index is 2280. The van der Waals surface area contributed by atoms with Crippen molar-refractivity contribution in [1.29, 1.82) is 0 Å². The molecule has 0 saturated heterocycles. The van der Waals surface area contributed by atoms with Gasteiger partial charge in [-0.3, -0.25) is 0 Å². The number of fused-ring (bicyclic) bond motifs is 7. The van der Waals surface area contributed by atoms with E-state index in [-0.39, 0.29) is 5.41 Å². The molecule has 0 aromatic heterocycles. The highest BCUT2D eigenvalue weighted by molar-refractivity contribution is 6.04. The summed E-state index contributed by atoms with van der Waals surface area (Å²) in [6, 6.07) is 57.8. The Kier molecular flexibility index (Phi) is 5.53. The summed E-state index contributed by atoms with van der Waals surface area (Å²) < 4.78 is 6.40. The number of hydrogen-bond acceptors (Lipinski definition) is 1. The zero-order chi connectivity index (χ0) is 30.2. The van der Waals surface area contributed by atoms with E-state index in [2.05, 4.69) is 166 Å². The molecule has 0 N–H and O–H groups in total. The van der Waals surface area contributed by atoms with Crippen molar-refractivity contribution in [2.45, 2.75) is 24.7 Å². The van der Waals surface area contributed by atoms with Crippen LogP contribution < -0.4 is 4.74 Å². The van der Waals surface area contributed by atoms with Crippen LogP contribution in [0, 0.1) is 0 Å². The molecule has 0 radical (unpaired) electrons. The normalized spacial score (nSPS) is 17.1. The minimum atomic E-state index is -0.456. The molecule has 0 fully saturated rings. The van der Waals surface area contributed by atoms with Crippen LogP contribution >= 0.6 is 0 Å². The van der Waals surface area contributed by atoms with Crippen molar-refractivity contribution in [3.05, 3.63) is 191 Å². The van der Waals surface area contributed by atoms with Gasteiger partial charge in [0.1, 0.15) is 11.5 Å². The summed E-state index contributed by atoms with van der Waals surface area (Å²) in [7, 11) is 0. The summed E-state index contributed by atoms with van der Waals surface area (Å²) >= 11 is 0. The molecule has 1 heterocycles. The minimum Gasteiger partial charge on any atom is -0.457 e. The Morgan fingerprint density at radius 2 is 1.13 bits per heavy atom. The molecular formula is C44H32O. The van der Waals surface area contributed by atoms with Crippen molar-refractivity contribution in [1.82, 2.24) is 0 Å². The second kappa shape index (κ2) is 9.55. The highest BCUT2D eigenvalue weighted by Crippen LogP contribution is 2.58. The van der Waals surface area contributed by atoms with E-state index in [1.165, 1.54) is 66.4 Å². The molecule has 7 aromatic carbocycles. The van der Waals surface area contributed by atoms with E-state index < -0.39 is 5.41 Å². The molecule has 1 unspecified atom stereocenters. The summed E-state index contributed by atoms with van der Waals surface area (Å²) in [5.74, 6) is 1.88. The fraction of sp³-hybridized carbons (Fsp3) is 0.0909. The van der Waals surface area contributed by atoms with E-state index in [4.69, 9.17) is 4.74 Å². The fourth-order valence-corrected chi connectivity index (χ4v) is 8.08. The lowest BCUT2D eigenvalue weighted by Gasteiger charge is -2.35. The van der Waals surface area contributed by atoms with E-state index in [0.29, 0.717) is 0 Å². The van der Waals surface area contributed by atoms with Crippen molar-refractivity contribution in [3.63, 3.8) is 0 Å². The minimum absolute atomic E-state index is 0.173. The molecule has 1 atom stereocenters. The van der Waals surface area contributed by atoms with Gasteiger partial charge in [-0.25, -0.2) is 0 Å². The third-order valence-corrected chi connectivity index (χ3v) is 10.2. The maximum Gasteiger partial charge on any atom is 0.131 e. The first-order valence-corrected chi connectivity index (χ1v) is 15.8. The topological polar surface area (TPSA) is 9.23 Å². The first-order chi connectivity index (χ1) is 22.1. The number of ether oxygens (including phenoxy) is 1. The second-order valence-electron chi connectivity index (χ2n) is 12.9. The van der Waals surface area contributed by atoms with Gasteiger partial charge in [0.2, 0.25) is 0 Å². The molecule has 7 aromatic rings. The fourth-order valence-electron chi connectivity index (χ4n) is 8.08. The Hall–Kier alpha value is -5.40. The Morgan fingerprint density at radius 3 is 2.02 bits per heavy atom. The molecule has 2 aliphatic rings. The summed E-state index contributed by atoms with van der Waals surface area (Å²) in [5.41, 5.74) is 12.1. The standard InChI is InChI=1S/C44H32O/c1-43(2)37-21-10-11-22-40(37)45-41-26-24-31(28-39(41)43)30-14-12-17-33(27-30)44(32-15-4-3-5-16-32)36-20-9-8-19-35(36)42-34-18-7-6-13-29(34)23-25-38(42)44/h3-28H,1-2H3. The lowest BCUT2D eigenvalue weighted by atomic mass is 9.67. The quantitative estimate of drug-likeness (QED) is 0.203. The van der Waals surface area contributed by atoms with E-state index in [0.717, 1.165) is 11.5 Å². The molecule has 1 heteroatoms. The molecule has 1 aliphatic heterocycles. The van der Waals surface area contributed by atoms with E-state index >= 15 is 0 Å². The number of benzene rings is 7. The zero-order valence-corrected chi connectivity index (χ0v) is 25.4. The molecule has 1 nitrogen and oxygen atoms in total. The van der Waals surface area contributed by atoms with Crippen LogP contribution in [0.1, 0.15) is 47.2 Å². The van der Waals surface area contributed by atoms with Crippen molar-refractivity contribution in [2.75, 3.05) is 0 Å². The number of hydrogen-bond donors (Lipinski definition) is 0. The van der Waals surface area contributed by atoms with Gasteiger partial charge in [-0.05, 0) is 79.5 Å². The zero-order valence-electron chi connectivity index (χ0n) is 25.4. The molecule has 45 heavy (non-hydrogen) atoms. The van der Waals surface area contributed by atoms with Crippen molar-refractivity contribution in [3.8, 4) is 33.8 Å². The lowest BCUT2D eigenvalue weighted by Crippen LogP contribution is -2.28. The molecular weight excluding hydrogens is 544 g/mol. The van der Waals surface area contributed by atoms with Crippen LogP contribution in [0.5, 0.6) is 11.5 Å². The van der Waals surface area contributed by atoms with Gasteiger partial charge in [0.05, 0.1) is 5.41 Å². The molecule has 1 aliphatic carbocycles. The average molecular weight is 577 g/mol. The number of rotatable bonds is 3. The largest absolute Gasteiger partial charge is 0.457 e. The third kappa shape index (κ3) is 3.61. The van der Waals surface area contributed by atoms with Gasteiger partial charge in [0.25, 0.3) is 0 Å². The van der Waals surface area contributed by atoms with E-state index in [9.17, 15) is 0 Å². The Balaban J connectivity index is 1.29. The van der Waals surface area contributed by atoms with Crippen LogP contribution in [0.25, 0.3) is 33.0 Å². The highest BCUT2D eigenvalue weighted by Gasteiger charge is 2.46. The van der Waals surface area contributed by atoms with Gasteiger partial charge >= 0.3 is 0 Å². The van der Waals surface area contributed by atoms with Crippen LogP contribution in [-0.4, -0.2) is 0 Å². The third-order valence-electron chi connectivity index (χ3n) is 10.2. The van der Waals surface area contributed by atoms with Crippen LogP contribution in [0.2, 0.25) is 0 Å². The van der Waals surface area contributed by atoms with Crippen LogP contribution in [-0.2, 0) is 10.8 Å². The van der Waals surface area contributed by atoms with Crippen molar-refractivity contribution < 1.29 is 4.74 Å². The van der Waals surface area contributed by atoms with Crippen LogP contribution in [0.4, 0.5) is 0 Å². The average Bonchev–Trinajstić information content (AvgIpc) is 3.40. The van der Waals surface area contributed by atoms with E-state index in [1.54, 1.807) is 0 Å². The van der Waals surface area contributed by atoms with Gasteiger partial charge < -0.3 is 4.74 Å². The van der Waals surface area contributed by atoms with E-state index in [1.807, 2.05) is 6.07 Å². The molecule has 0 bridgehead atoms. The van der Waals surface area contributed by atoms with Gasteiger partial charge in [0.15, 0.2) is 0 Å². The molecule has 0 amide bonds. The highest BCUT2D eigenvalue weighted by atomic mass is 16.5. The Labute approximate surface area is 264 Å². The molecule has 0 spiro atoms. The predicted molar refractivity (Wildman–Crippen MR) is 185 cm³/mol. The number of para-hydroxylation sites is 1. The molecule has 9 rings (SSSR count). The maximum absolute atomic E-state index is 6.40. The smallest absolute Gasteiger partial charge is 0.131 e. The maximum atomic E-state index is 6.40. The van der Waals surface area contributed by atoms with Crippen molar-refractivity contribution in [2.24, 2.45) is 0 Å². The summed E-state index contributed by atoms with van der Waals surface area (Å²) in [6.45, 7) is 4.60. The molecule has 214 valence electrons. The second-order valence-corrected chi connectivity index (χ2v) is 12.9. The van der Waals surface area contributed by atoms with Gasteiger partial charge in [-0.15, -0.1) is 0 Å².